The second-order valence-electron chi connectivity index (χ2n) is 12.0. The van der Waals surface area contributed by atoms with Gasteiger partial charge in [-0.25, -0.2) is 13.2 Å². The van der Waals surface area contributed by atoms with E-state index in [2.05, 4.69) is 10.6 Å². The lowest BCUT2D eigenvalue weighted by Gasteiger charge is -2.31. The van der Waals surface area contributed by atoms with Gasteiger partial charge >= 0.3 is 6.09 Å². The molecule has 48 heavy (non-hydrogen) atoms. The van der Waals surface area contributed by atoms with Crippen molar-refractivity contribution in [2.75, 3.05) is 31.3 Å². The molecule has 10 nitrogen and oxygen atoms in total. The van der Waals surface area contributed by atoms with Gasteiger partial charge in [-0.2, -0.15) is 4.31 Å². The Morgan fingerprint density at radius 1 is 0.875 bits per heavy atom. The van der Waals surface area contributed by atoms with Crippen molar-refractivity contribution in [3.8, 4) is 0 Å². The fraction of sp³-hybridized carbons (Fsp3) is 0.297. The van der Waals surface area contributed by atoms with Gasteiger partial charge in [-0.1, -0.05) is 86.6 Å². The van der Waals surface area contributed by atoms with Crippen LogP contribution in [0.5, 0.6) is 0 Å². The van der Waals surface area contributed by atoms with Gasteiger partial charge in [0.15, 0.2) is 0 Å². The molecule has 0 saturated heterocycles. The Morgan fingerprint density at radius 2 is 1.48 bits per heavy atom. The molecule has 0 aliphatic heterocycles. The van der Waals surface area contributed by atoms with Gasteiger partial charge in [0.2, 0.25) is 15.9 Å². The molecule has 11 heteroatoms. The van der Waals surface area contributed by atoms with Gasteiger partial charge in [0.05, 0.1) is 24.7 Å². The standard InChI is InChI=1S/C37H44N4O6S/c1-26(2)21-22-41(48(45,46)33-19-17-30(38)18-20-33)32(25-42)24-27-11-10-16-31(23-27)39-36(43)35(40-37(44)47-3)34(28-12-6-4-7-13-28)29-14-8-5-9-15-29/h4-20,23,26,32,34-35,42H,21-22,24-25,38H2,1-3H3,(H,39,43)(H,40,44). The van der Waals surface area contributed by atoms with Gasteiger partial charge in [-0.15, -0.1) is 0 Å². The quantitative estimate of drug-likeness (QED) is 0.123. The van der Waals surface area contributed by atoms with Crippen LogP contribution < -0.4 is 16.4 Å². The van der Waals surface area contributed by atoms with Crippen molar-refractivity contribution < 1.29 is 27.9 Å². The number of ether oxygens (including phenoxy) is 1. The second kappa shape index (κ2) is 16.9. The SMILES string of the molecule is COC(=O)NC(C(=O)Nc1cccc(CC(CO)N(CCC(C)C)S(=O)(=O)c2ccc(N)cc2)c1)C(c1ccccc1)c1ccccc1. The van der Waals surface area contributed by atoms with Gasteiger partial charge < -0.3 is 26.2 Å². The molecule has 2 unspecified atom stereocenters. The summed E-state index contributed by atoms with van der Waals surface area (Å²) < 4.78 is 33.9. The van der Waals surface area contributed by atoms with E-state index in [1.54, 1.807) is 18.2 Å². The number of nitrogens with zero attached hydrogens (tertiary/aromatic N) is 1. The summed E-state index contributed by atoms with van der Waals surface area (Å²) in [5, 5.41) is 16.2. The predicted molar refractivity (Wildman–Crippen MR) is 188 cm³/mol. The van der Waals surface area contributed by atoms with Crippen LogP contribution in [0.4, 0.5) is 16.2 Å². The number of aliphatic hydroxyl groups excluding tert-OH is 1. The first-order valence-electron chi connectivity index (χ1n) is 15.9. The number of alkyl carbamates (subject to hydrolysis) is 1. The second-order valence-corrected chi connectivity index (χ2v) is 13.9. The van der Waals surface area contributed by atoms with Crippen LogP contribution in [-0.2, 0) is 26.0 Å². The maximum absolute atomic E-state index is 14.0. The number of nitrogens with one attached hydrogen (secondary N) is 2. The molecule has 5 N–H and O–H groups in total. The van der Waals surface area contributed by atoms with Crippen molar-refractivity contribution in [1.29, 1.82) is 0 Å². The van der Waals surface area contributed by atoms with Crippen LogP contribution in [0.1, 0.15) is 42.9 Å². The van der Waals surface area contributed by atoms with Gasteiger partial charge in [-0.3, -0.25) is 4.79 Å². The number of aliphatic hydroxyl groups is 1. The van der Waals surface area contributed by atoms with E-state index >= 15 is 0 Å². The Bertz CT molecular complexity index is 1700. The normalized spacial score (nSPS) is 12.9. The Labute approximate surface area is 283 Å². The molecule has 0 fully saturated rings. The molecule has 0 bridgehead atoms. The van der Waals surface area contributed by atoms with E-state index in [0.29, 0.717) is 23.4 Å². The summed E-state index contributed by atoms with van der Waals surface area (Å²) in [5.74, 6) is -0.783. The van der Waals surface area contributed by atoms with Gasteiger partial charge in [-0.05, 0) is 71.8 Å². The molecule has 0 aliphatic rings. The first-order chi connectivity index (χ1) is 23.0. The zero-order valence-corrected chi connectivity index (χ0v) is 28.3. The fourth-order valence-corrected chi connectivity index (χ4v) is 7.20. The van der Waals surface area contributed by atoms with Crippen LogP contribution in [0.2, 0.25) is 0 Å². The van der Waals surface area contributed by atoms with Gasteiger partial charge in [0, 0.05) is 23.8 Å². The third kappa shape index (κ3) is 9.43. The molecular formula is C37H44N4O6S. The van der Waals surface area contributed by atoms with E-state index < -0.39 is 46.6 Å². The largest absolute Gasteiger partial charge is 0.453 e. The minimum atomic E-state index is -3.97. The number of nitrogen functional groups attached to an aromatic ring is 1. The lowest BCUT2D eigenvalue weighted by atomic mass is 9.84. The van der Waals surface area contributed by atoms with E-state index in [4.69, 9.17) is 10.5 Å². The molecule has 0 spiro atoms. The zero-order chi connectivity index (χ0) is 34.7. The van der Waals surface area contributed by atoms with E-state index in [0.717, 1.165) is 11.1 Å². The molecule has 254 valence electrons. The topological polar surface area (TPSA) is 151 Å². The maximum Gasteiger partial charge on any atom is 0.407 e. The average molecular weight is 673 g/mol. The molecule has 4 aromatic rings. The van der Waals surface area contributed by atoms with Crippen molar-refractivity contribution in [3.63, 3.8) is 0 Å². The van der Waals surface area contributed by atoms with Gasteiger partial charge in [0.25, 0.3) is 0 Å². The lowest BCUT2D eigenvalue weighted by molar-refractivity contribution is -0.118. The molecule has 4 rings (SSSR count). The van der Waals surface area contributed by atoms with E-state index in [1.807, 2.05) is 80.6 Å². The van der Waals surface area contributed by atoms with Crippen LogP contribution in [-0.4, -0.2) is 62.2 Å². The molecule has 0 radical (unpaired) electrons. The highest BCUT2D eigenvalue weighted by Gasteiger charge is 2.34. The molecule has 0 aromatic heterocycles. The predicted octanol–water partition coefficient (Wildman–Crippen LogP) is 5.40. The van der Waals surface area contributed by atoms with Crippen LogP contribution in [0.15, 0.2) is 114 Å². The minimum Gasteiger partial charge on any atom is -0.453 e. The van der Waals surface area contributed by atoms with E-state index in [-0.39, 0.29) is 23.8 Å². The molecule has 2 atom stereocenters. The van der Waals surface area contributed by atoms with Crippen molar-refractivity contribution in [1.82, 2.24) is 9.62 Å². The third-order valence-electron chi connectivity index (χ3n) is 8.09. The third-order valence-corrected chi connectivity index (χ3v) is 10.1. The average Bonchev–Trinajstić information content (AvgIpc) is 3.08. The molecule has 0 heterocycles. The van der Waals surface area contributed by atoms with Crippen LogP contribution in [0.25, 0.3) is 0 Å². The van der Waals surface area contributed by atoms with E-state index in [1.165, 1.54) is 35.7 Å². The van der Waals surface area contributed by atoms with Crippen LogP contribution >= 0.6 is 0 Å². The Hall–Kier alpha value is -4.71. The summed E-state index contributed by atoms with van der Waals surface area (Å²) in [4.78, 5) is 26.6. The zero-order valence-electron chi connectivity index (χ0n) is 27.5. The number of anilines is 2. The summed E-state index contributed by atoms with van der Waals surface area (Å²) in [6.07, 6.45) is 0.0298. The number of hydrogen-bond donors (Lipinski definition) is 4. The lowest BCUT2D eigenvalue weighted by Crippen LogP contribution is -2.48. The summed E-state index contributed by atoms with van der Waals surface area (Å²) in [5.41, 5.74) is 9.04. The summed E-state index contributed by atoms with van der Waals surface area (Å²) >= 11 is 0. The summed E-state index contributed by atoms with van der Waals surface area (Å²) in [6, 6.07) is 30.1. The Balaban J connectivity index is 1.63. The Morgan fingerprint density at radius 3 is 2.02 bits per heavy atom. The number of benzene rings is 4. The number of methoxy groups -OCH3 is 1. The van der Waals surface area contributed by atoms with Crippen LogP contribution in [0, 0.1) is 5.92 Å². The van der Waals surface area contributed by atoms with Crippen molar-refractivity contribution >= 4 is 33.4 Å². The fourth-order valence-electron chi connectivity index (χ4n) is 5.57. The molecule has 0 saturated carbocycles. The summed E-state index contributed by atoms with van der Waals surface area (Å²) in [6.45, 7) is 3.82. The monoisotopic (exact) mass is 672 g/mol. The van der Waals surface area contributed by atoms with Gasteiger partial charge in [0.1, 0.15) is 6.04 Å². The minimum absolute atomic E-state index is 0.0930. The van der Waals surface area contributed by atoms with Crippen LogP contribution in [0.3, 0.4) is 0 Å². The van der Waals surface area contributed by atoms with Crippen molar-refractivity contribution in [3.05, 3.63) is 126 Å². The smallest absolute Gasteiger partial charge is 0.407 e. The molecule has 0 aliphatic carbocycles. The molecular weight excluding hydrogens is 628 g/mol. The number of carbonyl (C=O) groups is 2. The first kappa shape index (κ1) is 36.1. The highest BCUT2D eigenvalue weighted by molar-refractivity contribution is 7.89. The van der Waals surface area contributed by atoms with Crippen molar-refractivity contribution in [2.45, 2.75) is 49.6 Å². The first-order valence-corrected chi connectivity index (χ1v) is 17.3. The Kier molecular flexibility index (Phi) is 12.7. The molecule has 4 aromatic carbocycles. The van der Waals surface area contributed by atoms with E-state index in [9.17, 15) is 23.1 Å². The number of rotatable bonds is 15. The van der Waals surface area contributed by atoms with Crippen molar-refractivity contribution in [2.24, 2.45) is 5.92 Å². The highest BCUT2D eigenvalue weighted by Crippen LogP contribution is 2.30. The number of carbonyl (C=O) groups excluding carboxylic acids is 2. The molecule has 2 amide bonds. The number of nitrogens with two attached hydrogens (primary N) is 1. The summed E-state index contributed by atoms with van der Waals surface area (Å²) in [7, 11) is -2.73. The maximum atomic E-state index is 14.0. The number of sulfonamides is 1. The highest BCUT2D eigenvalue weighted by atomic mass is 32.2. The number of amides is 2. The number of hydrogen-bond acceptors (Lipinski definition) is 7.